The number of thiazole rings is 1. The topological polar surface area (TPSA) is 108 Å². The minimum Gasteiger partial charge on any atom is -0.382 e. The van der Waals surface area contributed by atoms with Crippen LogP contribution in [0.1, 0.15) is 53.9 Å². The van der Waals surface area contributed by atoms with Gasteiger partial charge in [0, 0.05) is 48.1 Å². The molecule has 10 heteroatoms. The predicted octanol–water partition coefficient (Wildman–Crippen LogP) is 4.68. The largest absolute Gasteiger partial charge is 0.382 e. The quantitative estimate of drug-likeness (QED) is 0.519. The van der Waals surface area contributed by atoms with Crippen molar-refractivity contribution in [3.8, 4) is 11.4 Å². The maximum atomic E-state index is 12.5. The number of likely N-dealkylation sites (tertiary alicyclic amines) is 1. The summed E-state index contributed by atoms with van der Waals surface area (Å²) in [4.78, 5) is 23.0. The van der Waals surface area contributed by atoms with Crippen LogP contribution in [0.5, 0.6) is 0 Å². The van der Waals surface area contributed by atoms with Gasteiger partial charge in [0.15, 0.2) is 5.01 Å². The summed E-state index contributed by atoms with van der Waals surface area (Å²) in [6, 6.07) is 5.94. The number of piperidine rings is 1. The van der Waals surface area contributed by atoms with E-state index in [2.05, 4.69) is 20.4 Å². The number of nitrogens with one attached hydrogen (secondary N) is 2. The summed E-state index contributed by atoms with van der Waals surface area (Å²) in [5, 5.41) is 15.5. The van der Waals surface area contributed by atoms with E-state index in [4.69, 9.17) is 21.5 Å². The predicted molar refractivity (Wildman–Crippen MR) is 121 cm³/mol. The zero-order chi connectivity index (χ0) is 22.0. The van der Waals surface area contributed by atoms with Crippen molar-refractivity contribution in [2.75, 3.05) is 18.4 Å². The van der Waals surface area contributed by atoms with Crippen molar-refractivity contribution < 1.29 is 9.32 Å². The molecule has 4 rings (SSSR count). The summed E-state index contributed by atoms with van der Waals surface area (Å²) < 4.78 is 6.07. The first-order chi connectivity index (χ1) is 14.9. The molecule has 1 aliphatic heterocycles. The second-order valence-electron chi connectivity index (χ2n) is 7.74. The molecule has 1 saturated heterocycles. The number of benzene rings is 1. The highest BCUT2D eigenvalue weighted by molar-refractivity contribution is 7.17. The molecule has 0 saturated carbocycles. The van der Waals surface area contributed by atoms with Crippen molar-refractivity contribution in [3.05, 3.63) is 45.2 Å². The molecule has 1 aliphatic rings. The maximum Gasteiger partial charge on any atom is 0.282 e. The van der Waals surface area contributed by atoms with Crippen molar-refractivity contribution >= 4 is 40.7 Å². The lowest BCUT2D eigenvalue weighted by Gasteiger charge is -2.29. The minimum absolute atomic E-state index is 0.0851. The van der Waals surface area contributed by atoms with E-state index in [1.165, 1.54) is 23.7 Å². The third kappa shape index (κ3) is 4.77. The highest BCUT2D eigenvalue weighted by Gasteiger charge is 2.29. The molecular weight excluding hydrogens is 436 g/mol. The highest BCUT2D eigenvalue weighted by atomic mass is 35.5. The van der Waals surface area contributed by atoms with E-state index < -0.39 is 0 Å². The van der Waals surface area contributed by atoms with E-state index in [0.29, 0.717) is 34.1 Å². The van der Waals surface area contributed by atoms with E-state index in [0.717, 1.165) is 29.7 Å². The Bertz CT molecular complexity index is 1090. The molecule has 3 heterocycles. The molecular formula is C21H23ClN6O2S. The Morgan fingerprint density at radius 3 is 2.81 bits per heavy atom. The van der Waals surface area contributed by atoms with Crippen molar-refractivity contribution in [3.63, 3.8) is 0 Å². The maximum absolute atomic E-state index is 12.5. The van der Waals surface area contributed by atoms with Crippen LogP contribution in [0.15, 0.2) is 28.9 Å². The van der Waals surface area contributed by atoms with E-state index in [1.807, 2.05) is 32.0 Å². The average molecular weight is 459 g/mol. The van der Waals surface area contributed by atoms with Gasteiger partial charge in [-0.2, -0.15) is 4.98 Å². The Morgan fingerprint density at radius 2 is 2.16 bits per heavy atom. The Kier molecular flexibility index (Phi) is 6.33. The van der Waals surface area contributed by atoms with Gasteiger partial charge in [0.2, 0.25) is 11.7 Å². The summed E-state index contributed by atoms with van der Waals surface area (Å²) in [5.41, 5.74) is 2.50. The number of carbonyl (C=O) groups is 1. The van der Waals surface area contributed by atoms with Crippen molar-refractivity contribution in [1.29, 1.82) is 5.41 Å². The molecule has 3 aromatic rings. The van der Waals surface area contributed by atoms with E-state index >= 15 is 0 Å². The second kappa shape index (κ2) is 9.15. The lowest BCUT2D eigenvalue weighted by molar-refractivity contribution is 0.0704. The summed E-state index contributed by atoms with van der Waals surface area (Å²) in [5.74, 6) is 1.14. The van der Waals surface area contributed by atoms with Crippen molar-refractivity contribution in [2.24, 2.45) is 0 Å². The van der Waals surface area contributed by atoms with Crippen LogP contribution in [0, 0.1) is 5.41 Å². The van der Waals surface area contributed by atoms with Crippen LogP contribution in [-0.4, -0.2) is 51.3 Å². The van der Waals surface area contributed by atoms with Gasteiger partial charge in [-0.05, 0) is 32.8 Å². The van der Waals surface area contributed by atoms with Crippen LogP contribution in [-0.2, 0) is 0 Å². The number of hydrogen-bond donors (Lipinski definition) is 2. The summed E-state index contributed by atoms with van der Waals surface area (Å²) >= 11 is 7.09. The van der Waals surface area contributed by atoms with Crippen LogP contribution in [0.4, 0.5) is 5.69 Å². The summed E-state index contributed by atoms with van der Waals surface area (Å²) in [6.45, 7) is 5.31. The van der Waals surface area contributed by atoms with Gasteiger partial charge in [-0.1, -0.05) is 40.2 Å². The van der Waals surface area contributed by atoms with Crippen molar-refractivity contribution in [2.45, 2.75) is 38.6 Å². The Labute approximate surface area is 189 Å². The van der Waals surface area contributed by atoms with E-state index in [9.17, 15) is 4.79 Å². The minimum atomic E-state index is -0.0851. The molecule has 8 nitrogen and oxygen atoms in total. The summed E-state index contributed by atoms with van der Waals surface area (Å²) in [6.07, 6.45) is 4.33. The number of amides is 1. The molecule has 0 radical (unpaired) electrons. The van der Waals surface area contributed by atoms with Gasteiger partial charge >= 0.3 is 0 Å². The smallest absolute Gasteiger partial charge is 0.282 e. The first kappa shape index (κ1) is 21.5. The molecule has 162 valence electrons. The lowest BCUT2D eigenvalue weighted by atomic mass is 9.96. The average Bonchev–Trinajstić information content (AvgIpc) is 3.42. The number of carbonyl (C=O) groups excluding carboxylic acids is 1. The Morgan fingerprint density at radius 1 is 1.39 bits per heavy atom. The number of aromatic nitrogens is 3. The molecule has 0 spiro atoms. The molecule has 1 amide bonds. The van der Waals surface area contributed by atoms with Gasteiger partial charge in [-0.15, -0.1) is 0 Å². The monoisotopic (exact) mass is 458 g/mol. The van der Waals surface area contributed by atoms with Gasteiger partial charge in [0.05, 0.1) is 6.20 Å². The SMILES string of the molecule is CC(C)Nc1cc(-c2noc(C3CCN(C(=O)c4ncc(Cl)s4)CC3)n2)ccc1C=N. The molecule has 0 bridgehead atoms. The number of hydrogen-bond acceptors (Lipinski definition) is 8. The molecule has 0 atom stereocenters. The number of nitrogens with zero attached hydrogens (tertiary/aromatic N) is 4. The fourth-order valence-electron chi connectivity index (χ4n) is 3.59. The molecule has 0 unspecified atom stereocenters. The zero-order valence-electron chi connectivity index (χ0n) is 17.3. The van der Waals surface area contributed by atoms with E-state index in [1.54, 1.807) is 4.90 Å². The number of halogens is 1. The van der Waals surface area contributed by atoms with Crippen molar-refractivity contribution in [1.82, 2.24) is 20.0 Å². The molecule has 31 heavy (non-hydrogen) atoms. The third-order valence-corrected chi connectivity index (χ3v) is 6.25. The lowest BCUT2D eigenvalue weighted by Crippen LogP contribution is -2.37. The number of rotatable bonds is 6. The fraction of sp³-hybridized carbons (Fsp3) is 0.381. The zero-order valence-corrected chi connectivity index (χ0v) is 18.8. The van der Waals surface area contributed by atoms with Gasteiger partial charge in [-0.3, -0.25) is 4.79 Å². The third-order valence-electron chi connectivity index (χ3n) is 5.14. The van der Waals surface area contributed by atoms with Gasteiger partial charge < -0.3 is 20.1 Å². The Hall–Kier alpha value is -2.78. The first-order valence-electron chi connectivity index (χ1n) is 10.1. The summed E-state index contributed by atoms with van der Waals surface area (Å²) in [7, 11) is 0. The Balaban J connectivity index is 1.44. The second-order valence-corrected chi connectivity index (χ2v) is 9.40. The van der Waals surface area contributed by atoms with Crippen LogP contribution in [0.25, 0.3) is 11.4 Å². The van der Waals surface area contributed by atoms with Crippen LogP contribution in [0.2, 0.25) is 4.34 Å². The normalized spacial score (nSPS) is 14.8. The molecule has 2 aromatic heterocycles. The number of anilines is 1. The fourth-order valence-corrected chi connectivity index (χ4v) is 4.47. The van der Waals surface area contributed by atoms with Gasteiger partial charge in [0.25, 0.3) is 5.91 Å². The van der Waals surface area contributed by atoms with Crippen LogP contribution < -0.4 is 5.32 Å². The van der Waals surface area contributed by atoms with Gasteiger partial charge in [0.1, 0.15) is 4.34 Å². The molecule has 1 fully saturated rings. The standard InChI is InChI=1S/C21H23ClN6O2S/c1-12(2)25-16-9-14(3-4-15(16)10-23)18-26-19(30-27-18)13-5-7-28(8-6-13)21(29)20-24-11-17(22)31-20/h3-4,9-13,23,25H,5-8H2,1-2H3. The molecule has 2 N–H and O–H groups in total. The van der Waals surface area contributed by atoms with Gasteiger partial charge in [-0.25, -0.2) is 4.98 Å². The van der Waals surface area contributed by atoms with Crippen LogP contribution >= 0.6 is 22.9 Å². The molecule has 0 aliphatic carbocycles. The molecule has 1 aromatic carbocycles. The van der Waals surface area contributed by atoms with Crippen LogP contribution in [0.3, 0.4) is 0 Å². The highest BCUT2D eigenvalue weighted by Crippen LogP contribution is 2.31. The van der Waals surface area contributed by atoms with E-state index in [-0.39, 0.29) is 17.9 Å². The first-order valence-corrected chi connectivity index (χ1v) is 11.3.